The fourth-order valence-corrected chi connectivity index (χ4v) is 3.49. The third-order valence-electron chi connectivity index (χ3n) is 5.13. The first-order chi connectivity index (χ1) is 14.1. The van der Waals surface area contributed by atoms with Crippen molar-refractivity contribution in [1.82, 2.24) is 29.5 Å². The molecule has 0 bridgehead atoms. The normalized spacial score (nSPS) is 13.9. The largest absolute Gasteiger partial charge is 0.320 e. The van der Waals surface area contributed by atoms with E-state index in [-0.39, 0.29) is 11.9 Å². The van der Waals surface area contributed by atoms with Gasteiger partial charge in [0.25, 0.3) is 5.91 Å². The summed E-state index contributed by atoms with van der Waals surface area (Å²) in [6, 6.07) is 9.60. The van der Waals surface area contributed by atoms with E-state index in [1.54, 1.807) is 17.2 Å². The number of anilines is 1. The Bertz CT molecular complexity index is 1190. The zero-order chi connectivity index (χ0) is 20.0. The number of amides is 1. The summed E-state index contributed by atoms with van der Waals surface area (Å²) in [5.74, 6) is 0.249. The van der Waals surface area contributed by atoms with Gasteiger partial charge >= 0.3 is 0 Å². The van der Waals surface area contributed by atoms with Gasteiger partial charge in [-0.05, 0) is 44.9 Å². The lowest BCUT2D eigenvalue weighted by molar-refractivity contribution is 0.102. The number of carbonyl (C=O) groups excluding carboxylic acids is 1. The summed E-state index contributed by atoms with van der Waals surface area (Å²) in [4.78, 5) is 22.1. The van der Waals surface area contributed by atoms with Gasteiger partial charge in [0.1, 0.15) is 12.7 Å². The molecule has 3 aromatic heterocycles. The molecule has 146 valence electrons. The van der Waals surface area contributed by atoms with Crippen LogP contribution in [0.15, 0.2) is 49.2 Å². The molecule has 3 heterocycles. The zero-order valence-electron chi connectivity index (χ0n) is 16.3. The van der Waals surface area contributed by atoms with Gasteiger partial charge in [0, 0.05) is 17.7 Å². The molecule has 0 aliphatic heterocycles. The number of carbonyl (C=O) groups is 1. The molecule has 4 aromatic rings. The second-order valence-electron chi connectivity index (χ2n) is 7.60. The highest BCUT2D eigenvalue weighted by Crippen LogP contribution is 2.40. The molecule has 0 radical (unpaired) electrons. The highest BCUT2D eigenvalue weighted by atomic mass is 16.1. The average molecular weight is 387 g/mol. The van der Waals surface area contributed by atoms with Crippen molar-refractivity contribution < 1.29 is 4.79 Å². The van der Waals surface area contributed by atoms with Crippen LogP contribution in [0.5, 0.6) is 0 Å². The van der Waals surface area contributed by atoms with Crippen LogP contribution in [-0.4, -0.2) is 35.4 Å². The fraction of sp³-hybridized carbons (Fsp3) is 0.286. The number of benzene rings is 1. The van der Waals surface area contributed by atoms with Crippen LogP contribution in [0.25, 0.3) is 16.7 Å². The predicted octanol–water partition coefficient (Wildman–Crippen LogP) is 3.72. The molecule has 0 saturated heterocycles. The molecule has 1 aromatic carbocycles. The Morgan fingerprint density at radius 3 is 2.76 bits per heavy atom. The van der Waals surface area contributed by atoms with E-state index in [0.29, 0.717) is 17.2 Å². The van der Waals surface area contributed by atoms with Crippen LogP contribution in [0, 0.1) is 0 Å². The van der Waals surface area contributed by atoms with Crippen molar-refractivity contribution in [2.45, 2.75) is 38.6 Å². The van der Waals surface area contributed by atoms with Gasteiger partial charge in [-0.1, -0.05) is 12.1 Å². The molecule has 8 heteroatoms. The fourth-order valence-electron chi connectivity index (χ4n) is 3.49. The standard InChI is InChI=1S/C21H21N7O/c1-13(2)28-20-16(10-23-28)15(9-18(25-20)14-7-8-14)21(29)26-17-5-3-4-6-19(17)27-12-22-11-24-27/h3-6,9-14H,7-8H2,1-2H3,(H,26,29). The first-order valence-electron chi connectivity index (χ1n) is 9.75. The summed E-state index contributed by atoms with van der Waals surface area (Å²) in [6.45, 7) is 4.12. The molecule has 0 atom stereocenters. The summed E-state index contributed by atoms with van der Waals surface area (Å²) in [7, 11) is 0. The van der Waals surface area contributed by atoms with E-state index in [9.17, 15) is 4.79 Å². The summed E-state index contributed by atoms with van der Waals surface area (Å²) in [6.07, 6.45) is 7.03. The van der Waals surface area contributed by atoms with E-state index in [2.05, 4.69) is 34.3 Å². The lowest BCUT2D eigenvalue weighted by atomic mass is 10.1. The van der Waals surface area contributed by atoms with Crippen molar-refractivity contribution in [1.29, 1.82) is 0 Å². The molecule has 5 rings (SSSR count). The van der Waals surface area contributed by atoms with Crippen molar-refractivity contribution in [3.63, 3.8) is 0 Å². The Labute approximate surface area is 167 Å². The number of fused-ring (bicyclic) bond motifs is 1. The SMILES string of the molecule is CC(C)n1ncc2c(C(=O)Nc3ccccc3-n3cncn3)cc(C3CC3)nc21. The van der Waals surface area contributed by atoms with Crippen LogP contribution in [0.2, 0.25) is 0 Å². The van der Waals surface area contributed by atoms with Gasteiger partial charge in [0.2, 0.25) is 0 Å². The van der Waals surface area contributed by atoms with E-state index in [4.69, 9.17) is 4.98 Å². The molecule has 1 fully saturated rings. The lowest BCUT2D eigenvalue weighted by Crippen LogP contribution is -2.15. The van der Waals surface area contributed by atoms with Crippen LogP contribution in [0.1, 0.15) is 54.7 Å². The Balaban J connectivity index is 1.57. The summed E-state index contributed by atoms with van der Waals surface area (Å²) in [5.41, 5.74) is 3.74. The van der Waals surface area contributed by atoms with Gasteiger partial charge in [-0.2, -0.15) is 10.2 Å². The Kier molecular flexibility index (Phi) is 4.12. The molecule has 1 amide bonds. The first kappa shape index (κ1) is 17.5. The predicted molar refractivity (Wildman–Crippen MR) is 109 cm³/mol. The van der Waals surface area contributed by atoms with E-state index >= 15 is 0 Å². The third-order valence-corrected chi connectivity index (χ3v) is 5.13. The van der Waals surface area contributed by atoms with Crippen LogP contribution < -0.4 is 5.32 Å². The second-order valence-corrected chi connectivity index (χ2v) is 7.60. The number of pyridine rings is 1. The molecular weight excluding hydrogens is 366 g/mol. The smallest absolute Gasteiger partial charge is 0.256 e. The number of nitrogens with zero attached hydrogens (tertiary/aromatic N) is 6. The number of para-hydroxylation sites is 2. The molecule has 0 unspecified atom stereocenters. The van der Waals surface area contributed by atoms with Gasteiger partial charge < -0.3 is 5.32 Å². The van der Waals surface area contributed by atoms with Gasteiger partial charge in [-0.3, -0.25) is 4.79 Å². The number of hydrogen-bond donors (Lipinski definition) is 1. The molecule has 1 aliphatic rings. The van der Waals surface area contributed by atoms with Crippen molar-refractivity contribution in [2.24, 2.45) is 0 Å². The van der Waals surface area contributed by atoms with E-state index < -0.39 is 0 Å². The summed E-state index contributed by atoms with van der Waals surface area (Å²) in [5, 5.41) is 12.5. The van der Waals surface area contributed by atoms with Crippen molar-refractivity contribution in [3.8, 4) is 5.69 Å². The molecule has 29 heavy (non-hydrogen) atoms. The Hall–Kier alpha value is -3.55. The molecule has 8 nitrogen and oxygen atoms in total. The van der Waals surface area contributed by atoms with Crippen LogP contribution >= 0.6 is 0 Å². The minimum atomic E-state index is -0.185. The van der Waals surface area contributed by atoms with E-state index in [1.165, 1.54) is 6.33 Å². The lowest BCUT2D eigenvalue weighted by Gasteiger charge is -2.13. The van der Waals surface area contributed by atoms with Crippen LogP contribution in [0.3, 0.4) is 0 Å². The quantitative estimate of drug-likeness (QED) is 0.564. The number of aromatic nitrogens is 6. The van der Waals surface area contributed by atoms with Crippen molar-refractivity contribution >= 4 is 22.6 Å². The van der Waals surface area contributed by atoms with Crippen LogP contribution in [0.4, 0.5) is 5.69 Å². The Morgan fingerprint density at radius 2 is 2.03 bits per heavy atom. The molecule has 1 saturated carbocycles. The number of hydrogen-bond acceptors (Lipinski definition) is 5. The minimum Gasteiger partial charge on any atom is -0.320 e. The second kappa shape index (κ2) is 6.80. The molecular formula is C21H21N7O. The topological polar surface area (TPSA) is 90.5 Å². The Morgan fingerprint density at radius 1 is 1.21 bits per heavy atom. The third kappa shape index (κ3) is 3.16. The highest BCUT2D eigenvalue weighted by molar-refractivity contribution is 6.12. The summed E-state index contributed by atoms with van der Waals surface area (Å²) < 4.78 is 3.51. The molecule has 1 N–H and O–H groups in total. The van der Waals surface area contributed by atoms with Crippen molar-refractivity contribution in [3.05, 3.63) is 60.4 Å². The van der Waals surface area contributed by atoms with Gasteiger partial charge in [0.05, 0.1) is 28.5 Å². The minimum absolute atomic E-state index is 0.165. The van der Waals surface area contributed by atoms with Crippen molar-refractivity contribution in [2.75, 3.05) is 5.32 Å². The number of rotatable bonds is 5. The first-order valence-corrected chi connectivity index (χ1v) is 9.75. The monoisotopic (exact) mass is 387 g/mol. The average Bonchev–Trinajstić information content (AvgIpc) is 3.25. The maximum absolute atomic E-state index is 13.3. The zero-order valence-corrected chi connectivity index (χ0v) is 16.3. The maximum Gasteiger partial charge on any atom is 0.256 e. The van der Waals surface area contributed by atoms with Gasteiger partial charge in [-0.25, -0.2) is 19.3 Å². The van der Waals surface area contributed by atoms with E-state index in [0.717, 1.165) is 35.3 Å². The van der Waals surface area contributed by atoms with E-state index in [1.807, 2.05) is 35.0 Å². The number of nitrogens with one attached hydrogen (secondary N) is 1. The maximum atomic E-state index is 13.3. The van der Waals surface area contributed by atoms with Gasteiger partial charge in [-0.15, -0.1) is 0 Å². The van der Waals surface area contributed by atoms with Crippen LogP contribution in [-0.2, 0) is 0 Å². The molecule has 1 aliphatic carbocycles. The highest BCUT2D eigenvalue weighted by Gasteiger charge is 2.28. The molecule has 0 spiro atoms. The summed E-state index contributed by atoms with van der Waals surface area (Å²) >= 11 is 0. The van der Waals surface area contributed by atoms with Gasteiger partial charge in [0.15, 0.2) is 5.65 Å².